The van der Waals surface area contributed by atoms with E-state index in [0.717, 1.165) is 24.8 Å². The molecule has 0 bridgehead atoms. The molecule has 3 rings (SSSR count). The maximum Gasteiger partial charge on any atom is 0.264 e. The second-order valence-corrected chi connectivity index (χ2v) is 6.59. The monoisotopic (exact) mass is 289 g/mol. The number of nitrogens with one attached hydrogen (secondary N) is 1. The summed E-state index contributed by atoms with van der Waals surface area (Å²) in [7, 11) is -3.63. The van der Waals surface area contributed by atoms with Crippen molar-refractivity contribution in [1.82, 2.24) is 9.97 Å². The lowest BCUT2D eigenvalue weighted by Crippen LogP contribution is -2.15. The van der Waals surface area contributed by atoms with E-state index in [1.165, 1.54) is 11.8 Å². The van der Waals surface area contributed by atoms with Crippen molar-refractivity contribution in [3.05, 3.63) is 47.3 Å². The Bertz CT molecular complexity index is 757. The first-order valence-corrected chi connectivity index (χ1v) is 7.97. The molecule has 2 aromatic rings. The van der Waals surface area contributed by atoms with E-state index < -0.39 is 10.0 Å². The summed E-state index contributed by atoms with van der Waals surface area (Å²) in [6.07, 6.45) is 4.60. The highest BCUT2D eigenvalue weighted by molar-refractivity contribution is 7.92. The topological polar surface area (TPSA) is 72.0 Å². The Hall–Kier alpha value is -1.95. The standard InChI is InChI=1S/C14H15N3O2S/c1-10-7-8-15-14(16-10)17-20(18,19)13-6-5-11-3-2-4-12(11)9-13/h5-9H,2-4H2,1H3,(H,15,16,17). The van der Waals surface area contributed by atoms with Gasteiger partial charge in [-0.3, -0.25) is 0 Å². The fraction of sp³-hybridized carbons (Fsp3) is 0.286. The molecule has 5 nitrogen and oxygen atoms in total. The van der Waals surface area contributed by atoms with Gasteiger partial charge in [-0.25, -0.2) is 23.1 Å². The van der Waals surface area contributed by atoms with E-state index >= 15 is 0 Å². The molecule has 0 amide bonds. The van der Waals surface area contributed by atoms with E-state index in [2.05, 4.69) is 14.7 Å². The van der Waals surface area contributed by atoms with Crippen LogP contribution in [0.5, 0.6) is 0 Å². The molecule has 0 radical (unpaired) electrons. The summed E-state index contributed by atoms with van der Waals surface area (Å²) < 4.78 is 27.1. The van der Waals surface area contributed by atoms with E-state index in [-0.39, 0.29) is 10.8 Å². The van der Waals surface area contributed by atoms with E-state index in [1.807, 2.05) is 6.07 Å². The minimum Gasteiger partial charge on any atom is -0.247 e. The molecule has 1 aromatic carbocycles. The number of fused-ring (bicyclic) bond motifs is 1. The van der Waals surface area contributed by atoms with Crippen LogP contribution in [0.1, 0.15) is 23.2 Å². The first-order chi connectivity index (χ1) is 9.54. The summed E-state index contributed by atoms with van der Waals surface area (Å²) in [6.45, 7) is 1.79. The van der Waals surface area contributed by atoms with Crippen molar-refractivity contribution in [2.45, 2.75) is 31.1 Å². The molecule has 6 heteroatoms. The molecule has 1 heterocycles. The number of rotatable bonds is 3. The lowest BCUT2D eigenvalue weighted by atomic mass is 10.1. The summed E-state index contributed by atoms with van der Waals surface area (Å²) in [4.78, 5) is 8.24. The molecule has 0 spiro atoms. The Kier molecular flexibility index (Phi) is 3.17. The molecule has 1 aromatic heterocycles. The van der Waals surface area contributed by atoms with E-state index in [1.54, 1.807) is 25.1 Å². The molecule has 0 aliphatic heterocycles. The quantitative estimate of drug-likeness (QED) is 0.939. The molecule has 104 valence electrons. The van der Waals surface area contributed by atoms with Crippen molar-refractivity contribution in [1.29, 1.82) is 0 Å². The van der Waals surface area contributed by atoms with Gasteiger partial charge in [0, 0.05) is 11.9 Å². The molecule has 0 fully saturated rings. The minimum atomic E-state index is -3.63. The number of nitrogens with zero attached hydrogens (tertiary/aromatic N) is 2. The Morgan fingerprint density at radius 2 is 1.95 bits per heavy atom. The molecule has 0 atom stereocenters. The zero-order chi connectivity index (χ0) is 14.2. The maximum absolute atomic E-state index is 12.3. The highest BCUT2D eigenvalue weighted by atomic mass is 32.2. The summed E-state index contributed by atoms with van der Waals surface area (Å²) in [5, 5.41) is 0. The molecular weight excluding hydrogens is 274 g/mol. The Morgan fingerprint density at radius 1 is 1.15 bits per heavy atom. The van der Waals surface area contributed by atoms with Crippen molar-refractivity contribution >= 4 is 16.0 Å². The first-order valence-electron chi connectivity index (χ1n) is 6.49. The highest BCUT2D eigenvalue weighted by Gasteiger charge is 2.19. The van der Waals surface area contributed by atoms with Gasteiger partial charge >= 0.3 is 0 Å². The van der Waals surface area contributed by atoms with Gasteiger partial charge < -0.3 is 0 Å². The van der Waals surface area contributed by atoms with Gasteiger partial charge in [0.05, 0.1) is 4.90 Å². The number of benzene rings is 1. The molecule has 1 N–H and O–H groups in total. The van der Waals surface area contributed by atoms with Crippen LogP contribution in [0.3, 0.4) is 0 Å². The van der Waals surface area contributed by atoms with Crippen molar-refractivity contribution in [2.24, 2.45) is 0 Å². The Balaban J connectivity index is 1.92. The minimum absolute atomic E-state index is 0.102. The van der Waals surface area contributed by atoms with E-state index in [9.17, 15) is 8.42 Å². The van der Waals surface area contributed by atoms with E-state index in [4.69, 9.17) is 0 Å². The molecular formula is C14H15N3O2S. The predicted octanol–water partition coefficient (Wildman–Crippen LogP) is 2.07. The fourth-order valence-corrected chi connectivity index (χ4v) is 3.39. The molecule has 0 unspecified atom stereocenters. The Labute approximate surface area is 118 Å². The normalized spacial score (nSPS) is 14.1. The van der Waals surface area contributed by atoms with Gasteiger partial charge in [0.1, 0.15) is 0 Å². The average molecular weight is 289 g/mol. The van der Waals surface area contributed by atoms with Crippen LogP contribution in [0.25, 0.3) is 0 Å². The zero-order valence-corrected chi connectivity index (χ0v) is 11.9. The second kappa shape index (κ2) is 4.86. The van der Waals surface area contributed by atoms with Crippen LogP contribution in [0.15, 0.2) is 35.4 Å². The third-order valence-corrected chi connectivity index (χ3v) is 4.73. The van der Waals surface area contributed by atoms with Crippen LogP contribution in [-0.2, 0) is 22.9 Å². The predicted molar refractivity (Wildman–Crippen MR) is 76.0 cm³/mol. The molecule has 0 saturated carbocycles. The van der Waals surface area contributed by atoms with Crippen LogP contribution in [0.2, 0.25) is 0 Å². The van der Waals surface area contributed by atoms with Crippen molar-refractivity contribution < 1.29 is 8.42 Å². The SMILES string of the molecule is Cc1ccnc(NS(=O)(=O)c2ccc3c(c2)CCC3)n1. The van der Waals surface area contributed by atoms with Crippen molar-refractivity contribution in [3.63, 3.8) is 0 Å². The van der Waals surface area contributed by atoms with Gasteiger partial charge in [0.2, 0.25) is 5.95 Å². The summed E-state index contributed by atoms with van der Waals surface area (Å²) in [6, 6.07) is 7.00. The number of hydrogen-bond acceptors (Lipinski definition) is 4. The molecule has 20 heavy (non-hydrogen) atoms. The summed E-state index contributed by atoms with van der Waals surface area (Å²) >= 11 is 0. The molecule has 1 aliphatic carbocycles. The smallest absolute Gasteiger partial charge is 0.247 e. The first kappa shape index (κ1) is 13.1. The largest absolute Gasteiger partial charge is 0.264 e. The Morgan fingerprint density at radius 3 is 2.75 bits per heavy atom. The van der Waals surface area contributed by atoms with Crippen molar-refractivity contribution in [2.75, 3.05) is 4.72 Å². The highest BCUT2D eigenvalue weighted by Crippen LogP contribution is 2.25. The number of aromatic nitrogens is 2. The van der Waals surface area contributed by atoms with Crippen LogP contribution in [0.4, 0.5) is 5.95 Å². The van der Waals surface area contributed by atoms with E-state index in [0.29, 0.717) is 5.69 Å². The number of anilines is 1. The van der Waals surface area contributed by atoms with Crippen molar-refractivity contribution in [3.8, 4) is 0 Å². The van der Waals surface area contributed by atoms with Gasteiger partial charge in [-0.2, -0.15) is 0 Å². The summed E-state index contributed by atoms with van der Waals surface area (Å²) in [5.74, 6) is 0.102. The van der Waals surface area contributed by atoms with Crippen LogP contribution >= 0.6 is 0 Å². The molecule has 0 saturated heterocycles. The molecule has 1 aliphatic rings. The van der Waals surface area contributed by atoms with Gasteiger partial charge in [-0.05, 0) is 55.5 Å². The lowest BCUT2D eigenvalue weighted by Gasteiger charge is -2.08. The lowest BCUT2D eigenvalue weighted by molar-refractivity contribution is 0.600. The second-order valence-electron chi connectivity index (χ2n) is 4.91. The average Bonchev–Trinajstić information content (AvgIpc) is 2.85. The van der Waals surface area contributed by atoms with Gasteiger partial charge in [-0.15, -0.1) is 0 Å². The summed E-state index contributed by atoms with van der Waals surface area (Å²) in [5.41, 5.74) is 3.08. The number of aryl methyl sites for hydroxylation is 3. The maximum atomic E-state index is 12.3. The van der Waals surface area contributed by atoms with Gasteiger partial charge in [-0.1, -0.05) is 6.07 Å². The van der Waals surface area contributed by atoms with Crippen LogP contribution in [-0.4, -0.2) is 18.4 Å². The number of sulfonamides is 1. The zero-order valence-electron chi connectivity index (χ0n) is 11.1. The third-order valence-electron chi connectivity index (χ3n) is 3.40. The third kappa shape index (κ3) is 2.51. The van der Waals surface area contributed by atoms with Gasteiger partial charge in [0.15, 0.2) is 0 Å². The number of hydrogen-bond donors (Lipinski definition) is 1. The fourth-order valence-electron chi connectivity index (χ4n) is 2.39. The van der Waals surface area contributed by atoms with Crippen LogP contribution < -0.4 is 4.72 Å². The van der Waals surface area contributed by atoms with Gasteiger partial charge in [0.25, 0.3) is 10.0 Å². The van der Waals surface area contributed by atoms with Crippen LogP contribution in [0, 0.1) is 6.92 Å².